The van der Waals surface area contributed by atoms with E-state index in [1.807, 2.05) is 36.6 Å². The van der Waals surface area contributed by atoms with Crippen LogP contribution in [-0.4, -0.2) is 30.5 Å². The van der Waals surface area contributed by atoms with E-state index in [1.165, 1.54) is 24.0 Å². The third-order valence-corrected chi connectivity index (χ3v) is 4.90. The number of aryl methyl sites for hydroxylation is 1. The van der Waals surface area contributed by atoms with E-state index in [0.717, 1.165) is 10.6 Å². The summed E-state index contributed by atoms with van der Waals surface area (Å²) in [6.45, 7) is 1.88. The zero-order valence-electron chi connectivity index (χ0n) is 15.6. The van der Waals surface area contributed by atoms with Crippen molar-refractivity contribution in [3.8, 4) is 16.3 Å². The first kappa shape index (κ1) is 19.6. The number of rotatable bonds is 7. The van der Waals surface area contributed by atoms with Crippen LogP contribution in [0.15, 0.2) is 53.9 Å². The lowest BCUT2D eigenvalue weighted by molar-refractivity contribution is -0.143. The molecule has 1 heterocycles. The van der Waals surface area contributed by atoms with Gasteiger partial charge in [-0.15, -0.1) is 11.3 Å². The number of amides is 1. The summed E-state index contributed by atoms with van der Waals surface area (Å²) in [5, 5.41) is 5.27. The SMILES string of the molecule is COc1cccc(C(=O)NCC(=O)OCc2csc(-c3ccc(C)cc3)n2)c1. The molecular weight excluding hydrogens is 376 g/mol. The Bertz CT molecular complexity index is 967. The van der Waals surface area contributed by atoms with Gasteiger partial charge in [0.1, 0.15) is 23.9 Å². The Hall–Kier alpha value is -3.19. The maximum Gasteiger partial charge on any atom is 0.325 e. The molecule has 0 atom stereocenters. The van der Waals surface area contributed by atoms with E-state index in [9.17, 15) is 9.59 Å². The van der Waals surface area contributed by atoms with E-state index in [0.29, 0.717) is 17.0 Å². The highest BCUT2D eigenvalue weighted by atomic mass is 32.1. The van der Waals surface area contributed by atoms with Gasteiger partial charge in [-0.2, -0.15) is 0 Å². The fourth-order valence-corrected chi connectivity index (χ4v) is 3.24. The lowest BCUT2D eigenvalue weighted by Gasteiger charge is -2.07. The predicted molar refractivity (Wildman–Crippen MR) is 107 cm³/mol. The van der Waals surface area contributed by atoms with Crippen molar-refractivity contribution >= 4 is 23.2 Å². The number of thiazole rings is 1. The van der Waals surface area contributed by atoms with Gasteiger partial charge in [-0.1, -0.05) is 35.9 Å². The Labute approximate surface area is 167 Å². The van der Waals surface area contributed by atoms with Gasteiger partial charge in [0.05, 0.1) is 12.8 Å². The van der Waals surface area contributed by atoms with Crippen molar-refractivity contribution in [2.75, 3.05) is 13.7 Å². The summed E-state index contributed by atoms with van der Waals surface area (Å²) < 4.78 is 10.3. The van der Waals surface area contributed by atoms with Crippen molar-refractivity contribution in [2.24, 2.45) is 0 Å². The number of nitrogens with one attached hydrogen (secondary N) is 1. The molecule has 144 valence electrons. The molecule has 3 rings (SSSR count). The zero-order valence-corrected chi connectivity index (χ0v) is 16.4. The van der Waals surface area contributed by atoms with E-state index in [2.05, 4.69) is 10.3 Å². The molecule has 3 aromatic rings. The highest BCUT2D eigenvalue weighted by Crippen LogP contribution is 2.24. The number of carbonyl (C=O) groups is 2. The molecule has 2 aromatic carbocycles. The van der Waals surface area contributed by atoms with E-state index in [4.69, 9.17) is 9.47 Å². The number of ether oxygens (including phenoxy) is 2. The Morgan fingerprint density at radius 2 is 1.93 bits per heavy atom. The first-order chi connectivity index (χ1) is 13.5. The second-order valence-electron chi connectivity index (χ2n) is 6.09. The second-order valence-corrected chi connectivity index (χ2v) is 6.94. The molecule has 0 saturated carbocycles. The molecule has 0 spiro atoms. The molecule has 1 amide bonds. The fourth-order valence-electron chi connectivity index (χ4n) is 2.43. The topological polar surface area (TPSA) is 77.5 Å². The Morgan fingerprint density at radius 1 is 1.14 bits per heavy atom. The lowest BCUT2D eigenvalue weighted by atomic mass is 10.2. The molecule has 0 aliphatic carbocycles. The normalized spacial score (nSPS) is 10.4. The largest absolute Gasteiger partial charge is 0.497 e. The molecule has 0 aliphatic rings. The number of nitrogens with zero attached hydrogens (tertiary/aromatic N) is 1. The minimum Gasteiger partial charge on any atom is -0.497 e. The van der Waals surface area contributed by atoms with Crippen molar-refractivity contribution in [2.45, 2.75) is 13.5 Å². The summed E-state index contributed by atoms with van der Waals surface area (Å²) in [6, 6.07) is 14.8. The maximum absolute atomic E-state index is 12.1. The van der Waals surface area contributed by atoms with Crippen molar-refractivity contribution in [1.29, 1.82) is 0 Å². The van der Waals surface area contributed by atoms with Crippen LogP contribution in [0, 0.1) is 6.92 Å². The van der Waals surface area contributed by atoms with Crippen LogP contribution >= 0.6 is 11.3 Å². The molecular formula is C21H20N2O4S. The van der Waals surface area contributed by atoms with Crippen molar-refractivity contribution in [1.82, 2.24) is 10.3 Å². The summed E-state index contributed by atoms with van der Waals surface area (Å²) in [5.41, 5.74) is 3.30. The highest BCUT2D eigenvalue weighted by Gasteiger charge is 2.11. The van der Waals surface area contributed by atoms with Crippen LogP contribution in [0.25, 0.3) is 10.6 Å². The summed E-state index contributed by atoms with van der Waals surface area (Å²) in [6.07, 6.45) is 0. The molecule has 28 heavy (non-hydrogen) atoms. The first-order valence-corrected chi connectivity index (χ1v) is 9.52. The number of methoxy groups -OCH3 is 1. The van der Waals surface area contributed by atoms with Crippen molar-refractivity contribution in [3.63, 3.8) is 0 Å². The van der Waals surface area contributed by atoms with Crippen LogP contribution < -0.4 is 10.1 Å². The quantitative estimate of drug-likeness (QED) is 0.618. The van der Waals surface area contributed by atoms with E-state index < -0.39 is 5.97 Å². The molecule has 0 saturated heterocycles. The maximum atomic E-state index is 12.1. The molecule has 7 heteroatoms. The van der Waals surface area contributed by atoms with Gasteiger partial charge in [0.15, 0.2) is 0 Å². The average Bonchev–Trinajstić information content (AvgIpc) is 3.20. The minimum absolute atomic E-state index is 0.0657. The summed E-state index contributed by atoms with van der Waals surface area (Å²) in [7, 11) is 1.52. The van der Waals surface area contributed by atoms with E-state index >= 15 is 0 Å². The van der Waals surface area contributed by atoms with Gasteiger partial charge < -0.3 is 14.8 Å². The fraction of sp³-hybridized carbons (Fsp3) is 0.190. The van der Waals surface area contributed by atoms with Crippen LogP contribution in [0.1, 0.15) is 21.6 Å². The van der Waals surface area contributed by atoms with Gasteiger partial charge in [-0.05, 0) is 25.1 Å². The third-order valence-electron chi connectivity index (χ3n) is 3.96. The molecule has 1 aromatic heterocycles. The zero-order chi connectivity index (χ0) is 19.9. The number of benzene rings is 2. The summed E-state index contributed by atoms with van der Waals surface area (Å²) in [4.78, 5) is 28.5. The number of aromatic nitrogens is 1. The van der Waals surface area contributed by atoms with Gasteiger partial charge in [-0.3, -0.25) is 9.59 Å². The van der Waals surface area contributed by atoms with Gasteiger partial charge in [0.2, 0.25) is 0 Å². The predicted octanol–water partition coefficient (Wildman–Crippen LogP) is 3.60. The molecule has 0 unspecified atom stereocenters. The van der Waals surface area contributed by atoms with Gasteiger partial charge in [0.25, 0.3) is 5.91 Å². The average molecular weight is 396 g/mol. The Balaban J connectivity index is 1.48. The molecule has 6 nitrogen and oxygen atoms in total. The molecule has 0 aliphatic heterocycles. The first-order valence-electron chi connectivity index (χ1n) is 8.64. The standard InChI is InChI=1S/C21H20N2O4S/c1-14-6-8-15(9-7-14)21-23-17(13-28-21)12-27-19(24)11-22-20(25)16-4-3-5-18(10-16)26-2/h3-10,13H,11-12H2,1-2H3,(H,22,25). The van der Waals surface area contributed by atoms with Crippen molar-refractivity contribution in [3.05, 3.63) is 70.7 Å². The van der Waals surface area contributed by atoms with Crippen molar-refractivity contribution < 1.29 is 19.1 Å². The monoisotopic (exact) mass is 396 g/mol. The minimum atomic E-state index is -0.527. The van der Waals surface area contributed by atoms with E-state index in [-0.39, 0.29) is 19.1 Å². The van der Waals surface area contributed by atoms with Crippen LogP contribution in [0.5, 0.6) is 5.75 Å². The van der Waals surface area contributed by atoms with Gasteiger partial charge in [-0.25, -0.2) is 4.98 Å². The number of carbonyl (C=O) groups excluding carboxylic acids is 2. The number of hydrogen-bond acceptors (Lipinski definition) is 6. The third kappa shape index (κ3) is 5.17. The summed E-state index contributed by atoms with van der Waals surface area (Å²) >= 11 is 1.50. The Kier molecular flexibility index (Phi) is 6.39. The van der Waals surface area contributed by atoms with Crippen LogP contribution in [-0.2, 0) is 16.1 Å². The van der Waals surface area contributed by atoms with Gasteiger partial charge >= 0.3 is 5.97 Å². The van der Waals surface area contributed by atoms with Crippen LogP contribution in [0.4, 0.5) is 0 Å². The molecule has 0 fully saturated rings. The van der Waals surface area contributed by atoms with Crippen LogP contribution in [0.3, 0.4) is 0 Å². The second kappa shape index (κ2) is 9.14. The Morgan fingerprint density at radius 3 is 2.68 bits per heavy atom. The number of hydrogen-bond donors (Lipinski definition) is 1. The smallest absolute Gasteiger partial charge is 0.325 e. The molecule has 0 radical (unpaired) electrons. The van der Waals surface area contributed by atoms with Gasteiger partial charge in [0, 0.05) is 16.5 Å². The summed E-state index contributed by atoms with van der Waals surface area (Å²) in [5.74, 6) is -0.324. The van der Waals surface area contributed by atoms with Crippen LogP contribution in [0.2, 0.25) is 0 Å². The lowest BCUT2D eigenvalue weighted by Crippen LogP contribution is -2.30. The highest BCUT2D eigenvalue weighted by molar-refractivity contribution is 7.13. The molecule has 0 bridgehead atoms. The number of esters is 1. The molecule has 1 N–H and O–H groups in total. The van der Waals surface area contributed by atoms with E-state index in [1.54, 1.807) is 24.3 Å².